The predicted molar refractivity (Wildman–Crippen MR) is 134 cm³/mol. The van der Waals surface area contributed by atoms with Crippen LogP contribution >= 0.6 is 0 Å². The first-order valence-electron chi connectivity index (χ1n) is 12.6. The van der Waals surface area contributed by atoms with E-state index in [1.807, 2.05) is 0 Å². The molecule has 6 aliphatic heterocycles. The van der Waals surface area contributed by atoms with Gasteiger partial charge in [-0.1, -0.05) is 0 Å². The van der Waals surface area contributed by atoms with Gasteiger partial charge in [-0.05, 0) is 104 Å². The second-order valence-electron chi connectivity index (χ2n) is 12.6. The van der Waals surface area contributed by atoms with Gasteiger partial charge in [0, 0.05) is 0 Å². The molecule has 0 aromatic rings. The van der Waals surface area contributed by atoms with E-state index in [0.29, 0.717) is 30.5 Å². The molecule has 0 radical (unpaired) electrons. The van der Waals surface area contributed by atoms with Crippen molar-refractivity contribution in [1.82, 2.24) is 0 Å². The third kappa shape index (κ3) is 14.0. The average Bonchev–Trinajstić information content (AvgIpc) is 3.34. The summed E-state index contributed by atoms with van der Waals surface area (Å²) < 4.78 is 30.0. The van der Waals surface area contributed by atoms with Crippen molar-refractivity contribution in [3.05, 3.63) is 0 Å². The summed E-state index contributed by atoms with van der Waals surface area (Å²) in [4.78, 5) is 0. The molecule has 6 nitrogen and oxygen atoms in total. The third-order valence-electron chi connectivity index (χ3n) is 6.96. The van der Waals surface area contributed by atoms with Crippen molar-refractivity contribution in [2.24, 2.45) is 0 Å². The van der Waals surface area contributed by atoms with Crippen molar-refractivity contribution in [3.63, 3.8) is 0 Å². The first-order valence-corrected chi connectivity index (χ1v) is 12.6. The molecular weight excluding hydrogens is 420 g/mol. The van der Waals surface area contributed by atoms with Crippen LogP contribution in [-0.4, -0.2) is 71.7 Å². The molecule has 5 unspecified atom stereocenters. The molecule has 0 aromatic carbocycles. The topological polar surface area (TPSA) is 75.2 Å². The lowest BCUT2D eigenvalue weighted by atomic mass is 10.0. The molecule has 0 saturated carbocycles. The lowest BCUT2D eigenvalue weighted by Crippen LogP contribution is -2.10. The van der Waals surface area contributed by atoms with E-state index in [1.54, 1.807) is 0 Å². The van der Waals surface area contributed by atoms with E-state index in [9.17, 15) is 0 Å². The van der Waals surface area contributed by atoms with E-state index in [-0.39, 0.29) is 28.0 Å². The standard InChI is InChI=1S/C6H12O.2C5H10O.2C4H8O.C3H6O/c1-5(2)6(3,4)7-5;2*1-4-5(2,3)6-4;1-4(2)3-5-4;1-3-4(2)5-3;1-3-2-4-3/h1-4H3;2*4H,1-3H3;3H2,1-2H3;3-4H,1-2H3;3H,2H2,1H3. The minimum atomic E-state index is 0.146. The SMILES string of the molecule is CC1(C)CO1.CC1(C)OC1(C)C.CC1CO1.CC1OC1(C)C.CC1OC1(C)C.CC1OC1C. The maximum Gasteiger partial charge on any atom is 0.0918 e. The maximum absolute atomic E-state index is 5.29. The average molecular weight is 475 g/mol. The van der Waals surface area contributed by atoms with Crippen LogP contribution in [-0.2, 0) is 28.4 Å². The largest absolute Gasteiger partial charge is 0.373 e. The van der Waals surface area contributed by atoms with Gasteiger partial charge in [0.05, 0.1) is 71.7 Å². The van der Waals surface area contributed by atoms with Gasteiger partial charge < -0.3 is 28.4 Å². The van der Waals surface area contributed by atoms with Crippen molar-refractivity contribution in [1.29, 1.82) is 0 Å². The molecule has 0 N–H and O–H groups in total. The summed E-state index contributed by atoms with van der Waals surface area (Å²) >= 11 is 0. The van der Waals surface area contributed by atoms with Crippen molar-refractivity contribution in [2.45, 2.75) is 162 Å². The highest BCUT2D eigenvalue weighted by atomic mass is 16.6. The Morgan fingerprint density at radius 1 is 0.606 bits per heavy atom. The molecule has 0 bridgehead atoms. The van der Waals surface area contributed by atoms with Crippen LogP contribution < -0.4 is 0 Å². The Balaban J connectivity index is 0.000000199. The summed E-state index contributed by atoms with van der Waals surface area (Å²) in [6.45, 7) is 33.3. The fourth-order valence-corrected chi connectivity index (χ4v) is 1.99. The van der Waals surface area contributed by atoms with Crippen LogP contribution in [0.2, 0.25) is 0 Å². The Bertz CT molecular complexity index is 562. The molecule has 6 rings (SSSR count). The highest BCUT2D eigenvalue weighted by Crippen LogP contribution is 2.46. The van der Waals surface area contributed by atoms with Gasteiger partial charge in [-0.15, -0.1) is 0 Å². The molecule has 5 atom stereocenters. The Morgan fingerprint density at radius 2 is 0.758 bits per heavy atom. The second kappa shape index (κ2) is 10.8. The van der Waals surface area contributed by atoms with Gasteiger partial charge in [0.2, 0.25) is 0 Å². The molecule has 0 aromatic heterocycles. The van der Waals surface area contributed by atoms with E-state index in [0.717, 1.165) is 13.2 Å². The van der Waals surface area contributed by atoms with E-state index < -0.39 is 0 Å². The summed E-state index contributed by atoms with van der Waals surface area (Å²) in [7, 11) is 0. The minimum Gasteiger partial charge on any atom is -0.373 e. The molecule has 6 fully saturated rings. The van der Waals surface area contributed by atoms with E-state index in [2.05, 4.69) is 104 Å². The van der Waals surface area contributed by atoms with Crippen LogP contribution in [0.1, 0.15) is 104 Å². The zero-order valence-corrected chi connectivity index (χ0v) is 24.3. The summed E-state index contributed by atoms with van der Waals surface area (Å²) in [5, 5.41) is 0. The van der Waals surface area contributed by atoms with E-state index >= 15 is 0 Å². The molecule has 0 spiro atoms. The fraction of sp³-hybridized carbons (Fsp3) is 1.00. The number of rotatable bonds is 0. The van der Waals surface area contributed by atoms with Crippen molar-refractivity contribution < 1.29 is 28.4 Å². The summed E-state index contributed by atoms with van der Waals surface area (Å²) in [6, 6.07) is 0. The van der Waals surface area contributed by atoms with Crippen LogP contribution in [0.5, 0.6) is 0 Å². The highest BCUT2D eigenvalue weighted by Gasteiger charge is 2.55. The molecule has 6 heteroatoms. The van der Waals surface area contributed by atoms with Gasteiger partial charge in [0.1, 0.15) is 0 Å². The molecule has 198 valence electrons. The molecule has 6 saturated heterocycles. The fourth-order valence-electron chi connectivity index (χ4n) is 1.99. The smallest absolute Gasteiger partial charge is 0.0918 e. The number of ether oxygens (including phenoxy) is 6. The molecule has 0 aliphatic carbocycles. The third-order valence-corrected chi connectivity index (χ3v) is 6.96. The van der Waals surface area contributed by atoms with Gasteiger partial charge >= 0.3 is 0 Å². The molecular formula is C27H54O6. The van der Waals surface area contributed by atoms with E-state index in [4.69, 9.17) is 28.4 Å². The van der Waals surface area contributed by atoms with Crippen molar-refractivity contribution in [2.75, 3.05) is 13.2 Å². The Morgan fingerprint density at radius 3 is 0.758 bits per heavy atom. The lowest BCUT2D eigenvalue weighted by molar-refractivity contribution is 0.296. The summed E-state index contributed by atoms with van der Waals surface area (Å²) in [6.07, 6.45) is 2.68. The Hall–Kier alpha value is -0.240. The number of hydrogen-bond donors (Lipinski definition) is 0. The van der Waals surface area contributed by atoms with Crippen LogP contribution in [0.15, 0.2) is 0 Å². The minimum absolute atomic E-state index is 0.146. The van der Waals surface area contributed by atoms with Gasteiger partial charge in [0.25, 0.3) is 0 Å². The zero-order valence-electron chi connectivity index (χ0n) is 24.3. The number of epoxide rings is 6. The van der Waals surface area contributed by atoms with Crippen LogP contribution in [0.3, 0.4) is 0 Å². The Kier molecular flexibility index (Phi) is 10.1. The zero-order chi connectivity index (χ0) is 26.0. The molecule has 0 amide bonds. The monoisotopic (exact) mass is 474 g/mol. The van der Waals surface area contributed by atoms with Crippen molar-refractivity contribution >= 4 is 0 Å². The second-order valence-corrected chi connectivity index (χ2v) is 12.6. The molecule has 33 heavy (non-hydrogen) atoms. The summed E-state index contributed by atoms with van der Waals surface area (Å²) in [5.74, 6) is 0. The molecule has 6 heterocycles. The normalized spacial score (nSPS) is 38.1. The van der Waals surface area contributed by atoms with Gasteiger partial charge in [-0.25, -0.2) is 0 Å². The predicted octanol–water partition coefficient (Wildman–Crippen LogP) is 5.94. The maximum atomic E-state index is 5.29. The Labute approximate surface area is 204 Å². The lowest BCUT2D eigenvalue weighted by Gasteiger charge is -1.95. The highest BCUT2D eigenvalue weighted by molar-refractivity contribution is 5.03. The first-order chi connectivity index (χ1) is 14.6. The van der Waals surface area contributed by atoms with Gasteiger partial charge in [-0.2, -0.15) is 0 Å². The van der Waals surface area contributed by atoms with Crippen molar-refractivity contribution in [3.8, 4) is 0 Å². The number of hydrogen-bond acceptors (Lipinski definition) is 6. The quantitative estimate of drug-likeness (QED) is 0.405. The van der Waals surface area contributed by atoms with Gasteiger partial charge in [-0.3, -0.25) is 0 Å². The molecule has 6 aliphatic rings. The van der Waals surface area contributed by atoms with Crippen LogP contribution in [0.4, 0.5) is 0 Å². The van der Waals surface area contributed by atoms with Crippen LogP contribution in [0.25, 0.3) is 0 Å². The van der Waals surface area contributed by atoms with Gasteiger partial charge in [0.15, 0.2) is 0 Å². The first kappa shape index (κ1) is 30.8. The summed E-state index contributed by atoms with van der Waals surface area (Å²) in [5.41, 5.74) is 0.958. The van der Waals surface area contributed by atoms with Crippen LogP contribution in [0, 0.1) is 0 Å². The van der Waals surface area contributed by atoms with E-state index in [1.165, 1.54) is 0 Å².